The number of Topliss-reactive ketones (excluding diaryl/α,β-unsaturated/α-hetero) is 1. The van der Waals surface area contributed by atoms with E-state index in [1.54, 1.807) is 0 Å². The van der Waals surface area contributed by atoms with Crippen molar-refractivity contribution in [2.45, 2.75) is 40.2 Å². The smallest absolute Gasteiger partial charge is 0.188 e. The lowest BCUT2D eigenvalue weighted by atomic mass is 10.0. The summed E-state index contributed by atoms with van der Waals surface area (Å²) in [7, 11) is 0. The maximum absolute atomic E-state index is 11.9. The SMILES string of the molecule is Cc1cc(C)cc(C(=O)COC(C)(C)C)c1. The molecule has 0 unspecified atom stereocenters. The van der Waals surface area contributed by atoms with Crippen LogP contribution in [0.15, 0.2) is 18.2 Å². The van der Waals surface area contributed by atoms with Gasteiger partial charge in [0.25, 0.3) is 0 Å². The molecule has 2 heteroatoms. The van der Waals surface area contributed by atoms with Gasteiger partial charge < -0.3 is 4.74 Å². The van der Waals surface area contributed by atoms with Crippen LogP contribution in [0.1, 0.15) is 42.3 Å². The number of aryl methyl sites for hydroxylation is 2. The number of carbonyl (C=O) groups is 1. The number of benzene rings is 1. The molecule has 1 aromatic carbocycles. The number of hydrogen-bond acceptors (Lipinski definition) is 2. The molecule has 0 amide bonds. The van der Waals surface area contributed by atoms with E-state index >= 15 is 0 Å². The van der Waals surface area contributed by atoms with Gasteiger partial charge in [0.2, 0.25) is 0 Å². The van der Waals surface area contributed by atoms with Crippen molar-refractivity contribution >= 4 is 5.78 Å². The van der Waals surface area contributed by atoms with Gasteiger partial charge in [-0.15, -0.1) is 0 Å². The molecule has 0 aliphatic carbocycles. The second-order valence-corrected chi connectivity index (χ2v) is 5.20. The fourth-order valence-corrected chi connectivity index (χ4v) is 1.50. The molecule has 0 fully saturated rings. The highest BCUT2D eigenvalue weighted by atomic mass is 16.5. The third-order valence-corrected chi connectivity index (χ3v) is 2.18. The molecule has 0 aliphatic rings. The number of rotatable bonds is 3. The van der Waals surface area contributed by atoms with Crippen LogP contribution in [-0.2, 0) is 4.74 Å². The van der Waals surface area contributed by atoms with E-state index in [-0.39, 0.29) is 18.0 Å². The maximum Gasteiger partial charge on any atom is 0.188 e. The molecule has 0 heterocycles. The van der Waals surface area contributed by atoms with Gasteiger partial charge in [-0.2, -0.15) is 0 Å². The molecule has 0 saturated carbocycles. The normalized spacial score (nSPS) is 11.6. The summed E-state index contributed by atoms with van der Waals surface area (Å²) in [6.45, 7) is 9.97. The minimum absolute atomic E-state index is 0.0433. The molecular weight excluding hydrogens is 200 g/mol. The second-order valence-electron chi connectivity index (χ2n) is 5.20. The van der Waals surface area contributed by atoms with Crippen molar-refractivity contribution in [3.05, 3.63) is 34.9 Å². The Morgan fingerprint density at radius 2 is 1.62 bits per heavy atom. The summed E-state index contributed by atoms with van der Waals surface area (Å²) in [6.07, 6.45) is 0. The Morgan fingerprint density at radius 1 is 1.12 bits per heavy atom. The summed E-state index contributed by atoms with van der Waals surface area (Å²) < 4.78 is 5.48. The Hall–Kier alpha value is -1.15. The lowest BCUT2D eigenvalue weighted by molar-refractivity contribution is 0.00306. The third kappa shape index (κ3) is 4.15. The number of ketones is 1. The summed E-state index contributed by atoms with van der Waals surface area (Å²) in [5, 5.41) is 0. The average Bonchev–Trinajstić information content (AvgIpc) is 2.11. The van der Waals surface area contributed by atoms with Gasteiger partial charge >= 0.3 is 0 Å². The molecule has 0 radical (unpaired) electrons. The molecule has 16 heavy (non-hydrogen) atoms. The first-order valence-electron chi connectivity index (χ1n) is 5.53. The quantitative estimate of drug-likeness (QED) is 0.730. The van der Waals surface area contributed by atoms with Crippen LogP contribution >= 0.6 is 0 Å². The number of ether oxygens (including phenoxy) is 1. The summed E-state index contributed by atoms with van der Waals surface area (Å²) in [4.78, 5) is 11.9. The fraction of sp³-hybridized carbons (Fsp3) is 0.500. The van der Waals surface area contributed by atoms with Gasteiger partial charge in [-0.25, -0.2) is 0 Å². The summed E-state index contributed by atoms with van der Waals surface area (Å²) in [5.41, 5.74) is 2.69. The van der Waals surface area contributed by atoms with Crippen molar-refractivity contribution in [2.75, 3.05) is 6.61 Å². The van der Waals surface area contributed by atoms with E-state index in [1.807, 2.05) is 46.8 Å². The van der Waals surface area contributed by atoms with Gasteiger partial charge in [-0.1, -0.05) is 17.2 Å². The molecule has 2 nitrogen and oxygen atoms in total. The minimum Gasteiger partial charge on any atom is -0.368 e. The zero-order valence-corrected chi connectivity index (χ0v) is 10.8. The molecule has 0 spiro atoms. The Kier molecular flexibility index (Phi) is 3.87. The van der Waals surface area contributed by atoms with E-state index in [2.05, 4.69) is 6.07 Å². The molecule has 0 bridgehead atoms. The molecule has 0 aliphatic heterocycles. The molecule has 1 aromatic rings. The summed E-state index contributed by atoms with van der Waals surface area (Å²) in [5.74, 6) is 0.0433. The van der Waals surface area contributed by atoms with E-state index in [1.165, 1.54) is 0 Å². The first-order valence-corrected chi connectivity index (χ1v) is 5.53. The van der Waals surface area contributed by atoms with E-state index in [9.17, 15) is 4.79 Å². The Balaban J connectivity index is 2.73. The van der Waals surface area contributed by atoms with E-state index < -0.39 is 0 Å². The highest BCUT2D eigenvalue weighted by Crippen LogP contribution is 2.12. The largest absolute Gasteiger partial charge is 0.368 e. The predicted octanol–water partition coefficient (Wildman–Crippen LogP) is 3.30. The number of carbonyl (C=O) groups excluding carboxylic acids is 1. The van der Waals surface area contributed by atoms with E-state index in [0.717, 1.165) is 16.7 Å². The zero-order valence-electron chi connectivity index (χ0n) is 10.8. The van der Waals surface area contributed by atoms with Crippen LogP contribution in [0.4, 0.5) is 0 Å². The molecule has 88 valence electrons. The van der Waals surface area contributed by atoms with Gasteiger partial charge in [0.05, 0.1) is 5.60 Å². The van der Waals surface area contributed by atoms with Crippen molar-refractivity contribution in [3.8, 4) is 0 Å². The van der Waals surface area contributed by atoms with Crippen molar-refractivity contribution in [3.63, 3.8) is 0 Å². The van der Waals surface area contributed by atoms with E-state index in [4.69, 9.17) is 4.74 Å². The van der Waals surface area contributed by atoms with Gasteiger partial charge in [-0.3, -0.25) is 4.79 Å². The van der Waals surface area contributed by atoms with Gasteiger partial charge in [0.1, 0.15) is 6.61 Å². The second kappa shape index (κ2) is 4.79. The fourth-order valence-electron chi connectivity index (χ4n) is 1.50. The third-order valence-electron chi connectivity index (χ3n) is 2.18. The lowest BCUT2D eigenvalue weighted by Crippen LogP contribution is -2.23. The molecule has 0 atom stereocenters. The predicted molar refractivity (Wildman–Crippen MR) is 66.0 cm³/mol. The van der Waals surface area contributed by atoms with Gasteiger partial charge in [-0.05, 0) is 46.8 Å². The monoisotopic (exact) mass is 220 g/mol. The lowest BCUT2D eigenvalue weighted by Gasteiger charge is -2.18. The summed E-state index contributed by atoms with van der Waals surface area (Å²) >= 11 is 0. The highest BCUT2D eigenvalue weighted by molar-refractivity contribution is 5.97. The first-order chi connectivity index (χ1) is 7.28. The summed E-state index contributed by atoms with van der Waals surface area (Å²) in [6, 6.07) is 5.87. The van der Waals surface area contributed by atoms with Crippen LogP contribution in [0.3, 0.4) is 0 Å². The highest BCUT2D eigenvalue weighted by Gasteiger charge is 2.14. The Bertz CT molecular complexity index is 366. The van der Waals surface area contributed by atoms with Crippen LogP contribution < -0.4 is 0 Å². The van der Waals surface area contributed by atoms with Crippen LogP contribution in [-0.4, -0.2) is 18.0 Å². The minimum atomic E-state index is -0.269. The standard InChI is InChI=1S/C14H20O2/c1-10-6-11(2)8-12(7-10)13(15)9-16-14(3,4)5/h6-8H,9H2,1-5H3. The van der Waals surface area contributed by atoms with Gasteiger partial charge in [0, 0.05) is 5.56 Å². The van der Waals surface area contributed by atoms with Crippen LogP contribution in [0, 0.1) is 13.8 Å². The van der Waals surface area contributed by atoms with Crippen LogP contribution in [0.5, 0.6) is 0 Å². The Labute approximate surface area is 97.6 Å². The molecule has 0 aromatic heterocycles. The van der Waals surface area contributed by atoms with Gasteiger partial charge in [0.15, 0.2) is 5.78 Å². The average molecular weight is 220 g/mol. The molecular formula is C14H20O2. The molecule has 0 N–H and O–H groups in total. The van der Waals surface area contributed by atoms with Crippen LogP contribution in [0.25, 0.3) is 0 Å². The Morgan fingerprint density at radius 3 is 2.06 bits per heavy atom. The number of hydrogen-bond donors (Lipinski definition) is 0. The molecule has 1 rings (SSSR count). The van der Waals surface area contributed by atoms with Crippen molar-refractivity contribution < 1.29 is 9.53 Å². The van der Waals surface area contributed by atoms with E-state index in [0.29, 0.717) is 0 Å². The molecule has 0 saturated heterocycles. The van der Waals surface area contributed by atoms with Crippen molar-refractivity contribution in [1.82, 2.24) is 0 Å². The van der Waals surface area contributed by atoms with Crippen molar-refractivity contribution in [1.29, 1.82) is 0 Å². The van der Waals surface area contributed by atoms with Crippen LogP contribution in [0.2, 0.25) is 0 Å². The maximum atomic E-state index is 11.9. The topological polar surface area (TPSA) is 26.3 Å². The first kappa shape index (κ1) is 12.9. The zero-order chi connectivity index (χ0) is 12.3. The van der Waals surface area contributed by atoms with Crippen molar-refractivity contribution in [2.24, 2.45) is 0 Å².